The second-order valence-corrected chi connectivity index (χ2v) is 3.31. The highest BCUT2D eigenvalue weighted by Gasteiger charge is 2.04. The molecule has 0 aliphatic carbocycles. The molecular weight excluding hydrogens is 191 g/mol. The summed E-state index contributed by atoms with van der Waals surface area (Å²) in [5.41, 5.74) is 0. The van der Waals surface area contributed by atoms with Gasteiger partial charge in [-0.15, -0.1) is 11.6 Å². The lowest BCUT2D eigenvalue weighted by molar-refractivity contribution is 0.261. The number of hydrogen-bond acceptors (Lipinski definition) is 1. The Morgan fingerprint density at radius 2 is 2.15 bits per heavy atom. The molecule has 1 aromatic rings. The van der Waals surface area contributed by atoms with Crippen LogP contribution in [0.3, 0.4) is 0 Å². The third kappa shape index (κ3) is 3.23. The Kier molecular flexibility index (Phi) is 4.03. The molecule has 13 heavy (non-hydrogen) atoms. The van der Waals surface area contributed by atoms with Crippen LogP contribution in [0, 0.1) is 11.7 Å². The fourth-order valence-corrected chi connectivity index (χ4v) is 0.927. The number of benzene rings is 1. The van der Waals surface area contributed by atoms with Gasteiger partial charge in [0, 0.05) is 11.8 Å². The maximum Gasteiger partial charge on any atom is 0.165 e. The second kappa shape index (κ2) is 5.07. The fraction of sp³-hybridized carbons (Fsp3) is 0.400. The maximum atomic E-state index is 13.0. The number of hydrogen-bond donors (Lipinski definition) is 0. The highest BCUT2D eigenvalue weighted by molar-refractivity contribution is 6.18. The molecule has 1 atom stereocenters. The van der Waals surface area contributed by atoms with Gasteiger partial charge in [-0.1, -0.05) is 19.1 Å². The molecule has 0 aliphatic rings. The first-order chi connectivity index (χ1) is 6.24. The Labute approximate surface area is 82.5 Å². The van der Waals surface area contributed by atoms with Crippen molar-refractivity contribution in [2.75, 3.05) is 12.5 Å². The molecule has 0 fully saturated rings. The van der Waals surface area contributed by atoms with Crippen molar-refractivity contribution in [3.8, 4) is 5.75 Å². The monoisotopic (exact) mass is 202 g/mol. The molecule has 0 saturated heterocycles. The summed E-state index contributed by atoms with van der Waals surface area (Å²) < 4.78 is 18.2. The summed E-state index contributed by atoms with van der Waals surface area (Å²) in [6, 6.07) is 6.36. The normalized spacial score (nSPS) is 12.5. The molecule has 0 saturated carbocycles. The van der Waals surface area contributed by atoms with Gasteiger partial charge in [-0.3, -0.25) is 0 Å². The molecule has 0 aromatic heterocycles. The minimum Gasteiger partial charge on any atom is -0.490 e. The van der Waals surface area contributed by atoms with E-state index >= 15 is 0 Å². The van der Waals surface area contributed by atoms with Gasteiger partial charge >= 0.3 is 0 Å². The zero-order valence-electron chi connectivity index (χ0n) is 7.47. The highest BCUT2D eigenvalue weighted by atomic mass is 35.5. The zero-order chi connectivity index (χ0) is 9.68. The third-order valence-electron chi connectivity index (χ3n) is 1.62. The van der Waals surface area contributed by atoms with Gasteiger partial charge in [0.25, 0.3) is 0 Å². The first-order valence-electron chi connectivity index (χ1n) is 4.17. The van der Waals surface area contributed by atoms with E-state index in [0.29, 0.717) is 18.2 Å². The summed E-state index contributed by atoms with van der Waals surface area (Å²) >= 11 is 5.58. The molecule has 1 nitrogen and oxygen atoms in total. The van der Waals surface area contributed by atoms with Gasteiger partial charge in [-0.25, -0.2) is 4.39 Å². The van der Waals surface area contributed by atoms with Crippen LogP contribution in [0.2, 0.25) is 0 Å². The summed E-state index contributed by atoms with van der Waals surface area (Å²) in [6.45, 7) is 2.40. The van der Waals surface area contributed by atoms with Crippen LogP contribution in [0.25, 0.3) is 0 Å². The van der Waals surface area contributed by atoms with E-state index in [0.717, 1.165) is 0 Å². The Morgan fingerprint density at radius 1 is 1.46 bits per heavy atom. The fourth-order valence-electron chi connectivity index (χ4n) is 0.838. The van der Waals surface area contributed by atoms with Gasteiger partial charge in [-0.2, -0.15) is 0 Å². The van der Waals surface area contributed by atoms with Crippen LogP contribution in [-0.4, -0.2) is 12.5 Å². The molecular formula is C10H12ClFO. The van der Waals surface area contributed by atoms with E-state index < -0.39 is 0 Å². The lowest BCUT2D eigenvalue weighted by Crippen LogP contribution is -2.10. The third-order valence-corrected chi connectivity index (χ3v) is 2.15. The van der Waals surface area contributed by atoms with Crippen LogP contribution in [0.5, 0.6) is 5.75 Å². The summed E-state index contributed by atoms with van der Waals surface area (Å²) in [7, 11) is 0. The van der Waals surface area contributed by atoms with Crippen LogP contribution in [0.4, 0.5) is 4.39 Å². The summed E-state index contributed by atoms with van der Waals surface area (Å²) in [4.78, 5) is 0. The number of alkyl halides is 1. The van der Waals surface area contributed by atoms with Crippen molar-refractivity contribution in [3.63, 3.8) is 0 Å². The van der Waals surface area contributed by atoms with Crippen molar-refractivity contribution in [1.29, 1.82) is 0 Å². The first-order valence-corrected chi connectivity index (χ1v) is 4.70. The van der Waals surface area contributed by atoms with Gasteiger partial charge in [0.2, 0.25) is 0 Å². The van der Waals surface area contributed by atoms with Gasteiger partial charge in [0.1, 0.15) is 0 Å². The first kappa shape index (κ1) is 10.3. The second-order valence-electron chi connectivity index (χ2n) is 3.00. The minimum absolute atomic E-state index is 0.237. The Balaban J connectivity index is 2.50. The minimum atomic E-state index is -0.329. The number of rotatable bonds is 4. The SMILES string of the molecule is C[C@H](CCl)COc1ccccc1F. The van der Waals surface area contributed by atoms with Crippen molar-refractivity contribution in [1.82, 2.24) is 0 Å². The molecule has 3 heteroatoms. The average molecular weight is 203 g/mol. The molecule has 0 amide bonds. The predicted molar refractivity (Wildman–Crippen MR) is 51.8 cm³/mol. The van der Waals surface area contributed by atoms with Crippen LogP contribution in [0.1, 0.15) is 6.92 Å². The molecule has 0 heterocycles. The lowest BCUT2D eigenvalue weighted by Gasteiger charge is -2.10. The van der Waals surface area contributed by atoms with Crippen molar-refractivity contribution in [3.05, 3.63) is 30.1 Å². The summed E-state index contributed by atoms with van der Waals surface area (Å²) in [5.74, 6) is 0.721. The van der Waals surface area contributed by atoms with Gasteiger partial charge in [-0.05, 0) is 12.1 Å². The smallest absolute Gasteiger partial charge is 0.165 e. The molecule has 1 rings (SSSR count). The van der Waals surface area contributed by atoms with E-state index in [4.69, 9.17) is 16.3 Å². The van der Waals surface area contributed by atoms with Crippen molar-refractivity contribution in [2.24, 2.45) is 5.92 Å². The van der Waals surface area contributed by atoms with Crippen LogP contribution < -0.4 is 4.74 Å². The molecule has 0 N–H and O–H groups in total. The maximum absolute atomic E-state index is 13.0. The van der Waals surface area contributed by atoms with Crippen LogP contribution >= 0.6 is 11.6 Å². The number of para-hydroxylation sites is 1. The molecule has 72 valence electrons. The number of halogens is 2. The molecule has 0 unspecified atom stereocenters. The van der Waals surface area contributed by atoms with Crippen LogP contribution in [-0.2, 0) is 0 Å². The summed E-state index contributed by atoms with van der Waals surface area (Å²) in [6.07, 6.45) is 0. The standard InChI is InChI=1S/C10H12ClFO/c1-8(6-11)7-13-10-5-3-2-4-9(10)12/h2-5,8H,6-7H2,1H3/t8-/m1/s1. The van der Waals surface area contributed by atoms with Gasteiger partial charge < -0.3 is 4.74 Å². The molecule has 1 aromatic carbocycles. The van der Waals surface area contributed by atoms with Gasteiger partial charge in [0.15, 0.2) is 11.6 Å². The highest BCUT2D eigenvalue weighted by Crippen LogP contribution is 2.16. The van der Waals surface area contributed by atoms with Crippen molar-refractivity contribution >= 4 is 11.6 Å². The van der Waals surface area contributed by atoms with E-state index in [2.05, 4.69) is 0 Å². The van der Waals surface area contributed by atoms with Gasteiger partial charge in [0.05, 0.1) is 6.61 Å². The number of ether oxygens (including phenoxy) is 1. The average Bonchev–Trinajstić information content (AvgIpc) is 2.16. The van der Waals surface area contributed by atoms with E-state index in [1.165, 1.54) is 6.07 Å². The van der Waals surface area contributed by atoms with E-state index in [-0.39, 0.29) is 11.7 Å². The molecule has 0 spiro atoms. The van der Waals surface area contributed by atoms with Crippen LogP contribution in [0.15, 0.2) is 24.3 Å². The molecule has 0 radical (unpaired) electrons. The topological polar surface area (TPSA) is 9.23 Å². The van der Waals surface area contributed by atoms with Crippen molar-refractivity contribution < 1.29 is 9.13 Å². The molecule has 0 aliphatic heterocycles. The quantitative estimate of drug-likeness (QED) is 0.682. The van der Waals surface area contributed by atoms with Crippen molar-refractivity contribution in [2.45, 2.75) is 6.92 Å². The largest absolute Gasteiger partial charge is 0.490 e. The predicted octanol–water partition coefficient (Wildman–Crippen LogP) is 3.08. The summed E-state index contributed by atoms with van der Waals surface area (Å²) in [5, 5.41) is 0. The molecule has 0 bridgehead atoms. The Bertz CT molecular complexity index is 265. The van der Waals surface area contributed by atoms with E-state index in [1.54, 1.807) is 18.2 Å². The van der Waals surface area contributed by atoms with E-state index in [1.807, 2.05) is 6.92 Å². The van der Waals surface area contributed by atoms with E-state index in [9.17, 15) is 4.39 Å². The Morgan fingerprint density at radius 3 is 2.77 bits per heavy atom. The Hall–Kier alpha value is -0.760. The zero-order valence-corrected chi connectivity index (χ0v) is 8.22. The lowest BCUT2D eigenvalue weighted by atomic mass is 10.2.